The summed E-state index contributed by atoms with van der Waals surface area (Å²) in [7, 11) is 0. The molecule has 1 aliphatic carbocycles. The molecule has 0 aromatic heterocycles. The zero-order chi connectivity index (χ0) is 12.7. The van der Waals surface area contributed by atoms with Gasteiger partial charge in [-0.25, -0.2) is 0 Å². The first-order valence-electron chi connectivity index (χ1n) is 6.50. The molecule has 1 rings (SSSR count). The third-order valence-electron chi connectivity index (χ3n) is 2.87. The summed E-state index contributed by atoms with van der Waals surface area (Å²) in [5, 5.41) is 0. The average molecular weight is 228 g/mol. The highest BCUT2D eigenvalue weighted by Crippen LogP contribution is 2.22. The van der Waals surface area contributed by atoms with Crippen LogP contribution in [-0.4, -0.2) is 0 Å². The maximum atomic E-state index is 2.35. The molecule has 0 heterocycles. The van der Waals surface area contributed by atoms with Gasteiger partial charge in [-0.15, -0.1) is 0 Å². The number of rotatable bonds is 3. The Morgan fingerprint density at radius 1 is 1.29 bits per heavy atom. The molecule has 0 bridgehead atoms. The molecule has 0 aromatic carbocycles. The Morgan fingerprint density at radius 3 is 2.71 bits per heavy atom. The average Bonchev–Trinajstić information content (AvgIpc) is 2.49. The van der Waals surface area contributed by atoms with E-state index >= 15 is 0 Å². The van der Waals surface area contributed by atoms with E-state index in [1.54, 1.807) is 0 Å². The molecule has 0 fully saturated rings. The van der Waals surface area contributed by atoms with Gasteiger partial charge in [0.15, 0.2) is 0 Å². The largest absolute Gasteiger partial charge is 0.0870 e. The normalized spacial score (nSPS) is 21.3. The predicted molar refractivity (Wildman–Crippen MR) is 77.9 cm³/mol. The Balaban J connectivity index is 2.98. The van der Waals surface area contributed by atoms with E-state index in [2.05, 4.69) is 70.2 Å². The molecule has 0 amide bonds. The molecular weight excluding hydrogens is 204 g/mol. The highest BCUT2D eigenvalue weighted by atomic mass is 14.1. The van der Waals surface area contributed by atoms with Gasteiger partial charge < -0.3 is 0 Å². The fourth-order valence-electron chi connectivity index (χ4n) is 1.83. The van der Waals surface area contributed by atoms with Crippen LogP contribution in [0.25, 0.3) is 0 Å². The number of hydrogen-bond acceptors (Lipinski definition) is 0. The van der Waals surface area contributed by atoms with Crippen LogP contribution >= 0.6 is 0 Å². The molecule has 92 valence electrons. The van der Waals surface area contributed by atoms with Crippen molar-refractivity contribution >= 4 is 0 Å². The van der Waals surface area contributed by atoms with Crippen LogP contribution in [0.3, 0.4) is 0 Å². The second-order valence-corrected chi connectivity index (χ2v) is 4.94. The molecule has 0 N–H and O–H groups in total. The molecule has 1 aliphatic rings. The van der Waals surface area contributed by atoms with Gasteiger partial charge in [-0.05, 0) is 50.7 Å². The quantitative estimate of drug-likeness (QED) is 0.570. The minimum Gasteiger partial charge on any atom is -0.0870 e. The summed E-state index contributed by atoms with van der Waals surface area (Å²) < 4.78 is 0. The molecule has 0 aliphatic heterocycles. The number of allylic oxidation sites excluding steroid dienone is 10. The molecule has 0 saturated carbocycles. The van der Waals surface area contributed by atoms with Crippen molar-refractivity contribution in [2.75, 3.05) is 0 Å². The first-order chi connectivity index (χ1) is 8.13. The van der Waals surface area contributed by atoms with Crippen molar-refractivity contribution in [1.29, 1.82) is 0 Å². The Labute approximate surface area is 106 Å². The van der Waals surface area contributed by atoms with Crippen molar-refractivity contribution in [3.05, 3.63) is 59.3 Å². The first kappa shape index (κ1) is 13.8. The van der Waals surface area contributed by atoms with Crippen molar-refractivity contribution < 1.29 is 0 Å². The lowest BCUT2D eigenvalue weighted by atomic mass is 10.0. The predicted octanol–water partition coefficient (Wildman–Crippen LogP) is 5.37. The van der Waals surface area contributed by atoms with Crippen molar-refractivity contribution in [3.8, 4) is 0 Å². The Hall–Kier alpha value is -1.30. The lowest BCUT2D eigenvalue weighted by Gasteiger charge is -2.02. The van der Waals surface area contributed by atoms with E-state index < -0.39 is 0 Å². The van der Waals surface area contributed by atoms with Crippen molar-refractivity contribution in [2.24, 2.45) is 5.92 Å². The van der Waals surface area contributed by atoms with Gasteiger partial charge in [-0.2, -0.15) is 0 Å². The molecule has 17 heavy (non-hydrogen) atoms. The van der Waals surface area contributed by atoms with Gasteiger partial charge >= 0.3 is 0 Å². The second kappa shape index (κ2) is 7.11. The molecule has 0 saturated heterocycles. The highest BCUT2D eigenvalue weighted by Gasteiger charge is 2.04. The minimum absolute atomic E-state index is 0.694. The van der Waals surface area contributed by atoms with Crippen molar-refractivity contribution in [2.45, 2.75) is 40.5 Å². The molecule has 0 aromatic rings. The molecule has 0 nitrogen and oxygen atoms in total. The second-order valence-electron chi connectivity index (χ2n) is 4.94. The molecular formula is C17H24. The third kappa shape index (κ3) is 5.04. The zero-order valence-electron chi connectivity index (χ0n) is 11.5. The van der Waals surface area contributed by atoms with E-state index in [0.717, 1.165) is 0 Å². The van der Waals surface area contributed by atoms with Gasteiger partial charge in [0.1, 0.15) is 0 Å². The standard InChI is InChI=1S/C17H24/c1-5-7-16(12-10-14(2)3)17-9-6-8-15(4)11-13-17/h5,7,9-13,15H,6,8H2,1-4H3/b7-5-,16-12+. The third-order valence-corrected chi connectivity index (χ3v) is 2.87. The van der Waals surface area contributed by atoms with Crippen LogP contribution in [0.4, 0.5) is 0 Å². The Kier molecular flexibility index (Phi) is 5.76. The summed E-state index contributed by atoms with van der Waals surface area (Å²) in [5.74, 6) is 0.694. The van der Waals surface area contributed by atoms with Crippen LogP contribution < -0.4 is 0 Å². The molecule has 1 atom stereocenters. The number of hydrogen-bond donors (Lipinski definition) is 0. The molecule has 0 spiro atoms. The summed E-state index contributed by atoms with van der Waals surface area (Å²) in [5.41, 5.74) is 3.99. The first-order valence-corrected chi connectivity index (χ1v) is 6.50. The van der Waals surface area contributed by atoms with Gasteiger partial charge in [0, 0.05) is 0 Å². The lowest BCUT2D eigenvalue weighted by molar-refractivity contribution is 0.662. The van der Waals surface area contributed by atoms with Crippen LogP contribution in [0.2, 0.25) is 0 Å². The smallest absolute Gasteiger partial charge is 0.0191 e. The molecule has 0 radical (unpaired) electrons. The van der Waals surface area contributed by atoms with Crippen LogP contribution in [0.5, 0.6) is 0 Å². The fraction of sp³-hybridized carbons (Fsp3) is 0.412. The van der Waals surface area contributed by atoms with Gasteiger partial charge in [0.2, 0.25) is 0 Å². The summed E-state index contributed by atoms with van der Waals surface area (Å²) in [6.45, 7) is 8.61. The SMILES string of the molecule is C/C=C\C(=C/C=C(C)C)C1=CCCC(C)C=C1. The zero-order valence-corrected chi connectivity index (χ0v) is 11.5. The Morgan fingerprint density at radius 2 is 2.06 bits per heavy atom. The monoisotopic (exact) mass is 228 g/mol. The summed E-state index contributed by atoms with van der Waals surface area (Å²) in [4.78, 5) is 0. The molecule has 0 heteroatoms. The van der Waals surface area contributed by atoms with Crippen LogP contribution in [-0.2, 0) is 0 Å². The minimum atomic E-state index is 0.694. The fourth-order valence-corrected chi connectivity index (χ4v) is 1.83. The Bertz CT molecular complexity index is 382. The van der Waals surface area contributed by atoms with E-state index in [0.29, 0.717) is 5.92 Å². The van der Waals surface area contributed by atoms with Gasteiger partial charge in [-0.3, -0.25) is 0 Å². The van der Waals surface area contributed by atoms with E-state index in [1.165, 1.54) is 29.6 Å². The van der Waals surface area contributed by atoms with Gasteiger partial charge in [-0.1, -0.05) is 55.0 Å². The van der Waals surface area contributed by atoms with Crippen LogP contribution in [0.1, 0.15) is 40.5 Å². The van der Waals surface area contributed by atoms with Gasteiger partial charge in [0.05, 0.1) is 0 Å². The van der Waals surface area contributed by atoms with E-state index in [1.807, 2.05) is 0 Å². The highest BCUT2D eigenvalue weighted by molar-refractivity contribution is 5.48. The summed E-state index contributed by atoms with van der Waals surface area (Å²) in [6.07, 6.45) is 18.0. The van der Waals surface area contributed by atoms with Crippen molar-refractivity contribution in [1.82, 2.24) is 0 Å². The maximum absolute atomic E-state index is 2.35. The topological polar surface area (TPSA) is 0 Å². The maximum Gasteiger partial charge on any atom is -0.0191 e. The van der Waals surface area contributed by atoms with E-state index in [9.17, 15) is 0 Å². The summed E-state index contributed by atoms with van der Waals surface area (Å²) in [6, 6.07) is 0. The van der Waals surface area contributed by atoms with Crippen molar-refractivity contribution in [3.63, 3.8) is 0 Å². The molecule has 1 unspecified atom stereocenters. The summed E-state index contributed by atoms with van der Waals surface area (Å²) >= 11 is 0. The van der Waals surface area contributed by atoms with Crippen LogP contribution in [0.15, 0.2) is 59.3 Å². The van der Waals surface area contributed by atoms with Gasteiger partial charge in [0.25, 0.3) is 0 Å². The van der Waals surface area contributed by atoms with E-state index in [4.69, 9.17) is 0 Å². The van der Waals surface area contributed by atoms with E-state index in [-0.39, 0.29) is 0 Å². The van der Waals surface area contributed by atoms with Crippen LogP contribution in [0, 0.1) is 5.92 Å². The lowest BCUT2D eigenvalue weighted by Crippen LogP contribution is -1.84.